The van der Waals surface area contributed by atoms with Crippen molar-refractivity contribution in [3.05, 3.63) is 36.4 Å². The van der Waals surface area contributed by atoms with Crippen molar-refractivity contribution in [1.82, 2.24) is 4.98 Å². The number of anilines is 1. The van der Waals surface area contributed by atoms with E-state index in [0.29, 0.717) is 5.92 Å². The number of thiazole rings is 1. The number of hydrogen-bond acceptors (Lipinski definition) is 4. The summed E-state index contributed by atoms with van der Waals surface area (Å²) in [6, 6.07) is 8.17. The maximum atomic E-state index is 4.51. The molecule has 18 heavy (non-hydrogen) atoms. The van der Waals surface area contributed by atoms with E-state index in [1.54, 1.807) is 11.3 Å². The van der Waals surface area contributed by atoms with Gasteiger partial charge >= 0.3 is 0 Å². The van der Waals surface area contributed by atoms with Crippen molar-refractivity contribution < 1.29 is 0 Å². The molecule has 2 aliphatic carbocycles. The van der Waals surface area contributed by atoms with Gasteiger partial charge in [0.15, 0.2) is 0 Å². The highest BCUT2D eigenvalue weighted by molar-refractivity contribution is 7.22. The lowest BCUT2D eigenvalue weighted by Crippen LogP contribution is -2.33. The highest BCUT2D eigenvalue weighted by Crippen LogP contribution is 2.40. The van der Waals surface area contributed by atoms with Gasteiger partial charge in [-0.25, -0.2) is 4.98 Å². The summed E-state index contributed by atoms with van der Waals surface area (Å²) in [6.45, 7) is 0. The van der Waals surface area contributed by atoms with E-state index in [0.717, 1.165) is 29.4 Å². The lowest BCUT2D eigenvalue weighted by Gasteiger charge is -2.31. The van der Waals surface area contributed by atoms with Crippen molar-refractivity contribution in [1.29, 1.82) is 0 Å². The molecule has 2 aromatic rings. The summed E-state index contributed by atoms with van der Waals surface area (Å²) in [6.07, 6.45) is 6.86. The molecule has 0 aliphatic heterocycles. The van der Waals surface area contributed by atoms with Gasteiger partial charge in [0.25, 0.3) is 0 Å². The van der Waals surface area contributed by atoms with E-state index in [1.165, 1.54) is 10.4 Å². The number of benzene rings is 1. The second kappa shape index (κ2) is 3.92. The Bertz CT molecular complexity index is 623. The minimum absolute atomic E-state index is 0.659. The molecule has 1 aromatic heterocycles. The topological polar surface area (TPSA) is 37.3 Å². The van der Waals surface area contributed by atoms with Crippen LogP contribution in [0.4, 0.5) is 5.13 Å². The van der Waals surface area contributed by atoms with E-state index in [9.17, 15) is 0 Å². The van der Waals surface area contributed by atoms with Crippen LogP contribution in [-0.4, -0.2) is 10.7 Å². The Morgan fingerprint density at radius 3 is 3.17 bits per heavy atom. The molecular weight excluding hydrogens is 242 g/mol. The van der Waals surface area contributed by atoms with Crippen molar-refractivity contribution in [3.63, 3.8) is 0 Å². The second-order valence-electron chi connectivity index (χ2n) is 4.84. The average molecular weight is 255 g/mol. The van der Waals surface area contributed by atoms with Gasteiger partial charge in [-0.05, 0) is 30.9 Å². The van der Waals surface area contributed by atoms with Crippen molar-refractivity contribution in [2.45, 2.75) is 12.8 Å². The number of rotatable bonds is 2. The summed E-state index contributed by atoms with van der Waals surface area (Å²) in [7, 11) is 0. The normalized spacial score (nSPS) is 27.4. The Balaban J connectivity index is 1.53. The molecule has 1 N–H and O–H groups in total. The summed E-state index contributed by atoms with van der Waals surface area (Å²) >= 11 is 1.65. The van der Waals surface area contributed by atoms with Crippen LogP contribution in [0.5, 0.6) is 0 Å². The SMILES string of the molecule is C1=C[C@@H]2C/C(=N\Nc3nc4ccccc4s3)[C@H]2C1. The first-order valence-electron chi connectivity index (χ1n) is 6.25. The van der Waals surface area contributed by atoms with E-state index < -0.39 is 0 Å². The zero-order valence-electron chi connectivity index (χ0n) is 9.84. The number of nitrogens with zero attached hydrogens (tertiary/aromatic N) is 2. The lowest BCUT2D eigenvalue weighted by molar-refractivity contribution is 0.466. The third kappa shape index (κ3) is 1.56. The molecule has 90 valence electrons. The number of aromatic nitrogens is 1. The Labute approximate surface area is 109 Å². The molecule has 0 spiro atoms. The summed E-state index contributed by atoms with van der Waals surface area (Å²) in [4.78, 5) is 4.51. The minimum Gasteiger partial charge on any atom is -0.253 e. The zero-order valence-corrected chi connectivity index (χ0v) is 10.7. The van der Waals surface area contributed by atoms with E-state index >= 15 is 0 Å². The molecule has 1 fully saturated rings. The lowest BCUT2D eigenvalue weighted by atomic mass is 9.74. The monoisotopic (exact) mass is 255 g/mol. The van der Waals surface area contributed by atoms with Crippen LogP contribution in [0, 0.1) is 11.8 Å². The standard InChI is InChI=1S/C14H13N3S/c1-2-7-13-11(6-1)15-14(18-13)17-16-12-8-9-4-3-5-10(9)12/h1-4,6-7,9-10H,5,8H2,(H,15,17)/b16-12+/t9-,10+/m1/s1. The van der Waals surface area contributed by atoms with Gasteiger partial charge in [-0.2, -0.15) is 5.10 Å². The highest BCUT2D eigenvalue weighted by atomic mass is 32.1. The maximum absolute atomic E-state index is 4.51. The van der Waals surface area contributed by atoms with E-state index in [4.69, 9.17) is 0 Å². The molecule has 0 bridgehead atoms. The Morgan fingerprint density at radius 1 is 1.33 bits per heavy atom. The molecule has 0 saturated heterocycles. The quantitative estimate of drug-likeness (QED) is 0.657. The maximum Gasteiger partial charge on any atom is 0.204 e. The smallest absolute Gasteiger partial charge is 0.204 e. The third-order valence-electron chi connectivity index (χ3n) is 3.75. The third-order valence-corrected chi connectivity index (χ3v) is 4.69. The van der Waals surface area contributed by atoms with Gasteiger partial charge in [0.1, 0.15) is 0 Å². The van der Waals surface area contributed by atoms with Gasteiger partial charge in [0.2, 0.25) is 5.13 Å². The molecule has 0 amide bonds. The molecule has 3 nitrogen and oxygen atoms in total. The number of hydrazone groups is 1. The highest BCUT2D eigenvalue weighted by Gasteiger charge is 2.37. The number of hydrogen-bond donors (Lipinski definition) is 1. The summed E-state index contributed by atoms with van der Waals surface area (Å²) in [5, 5.41) is 5.40. The van der Waals surface area contributed by atoms with Crippen molar-refractivity contribution in [2.75, 3.05) is 5.43 Å². The van der Waals surface area contributed by atoms with Crippen LogP contribution in [0.25, 0.3) is 10.2 Å². The van der Waals surface area contributed by atoms with Gasteiger partial charge in [-0.15, -0.1) is 0 Å². The Kier molecular flexibility index (Phi) is 2.23. The minimum atomic E-state index is 0.659. The molecule has 2 atom stereocenters. The average Bonchev–Trinajstić information content (AvgIpc) is 2.93. The predicted octanol–water partition coefficient (Wildman–Crippen LogP) is 3.66. The molecule has 4 rings (SSSR count). The summed E-state index contributed by atoms with van der Waals surface area (Å²) in [5.41, 5.74) is 5.45. The molecular formula is C14H13N3S. The first-order chi connectivity index (χ1) is 8.90. The van der Waals surface area contributed by atoms with Crippen LogP contribution < -0.4 is 5.43 Å². The number of para-hydroxylation sites is 1. The van der Waals surface area contributed by atoms with Gasteiger partial charge in [0.05, 0.1) is 10.2 Å². The largest absolute Gasteiger partial charge is 0.253 e. The van der Waals surface area contributed by atoms with Gasteiger partial charge in [-0.3, -0.25) is 5.43 Å². The fraction of sp³-hybridized carbons (Fsp3) is 0.286. The van der Waals surface area contributed by atoms with Crippen molar-refractivity contribution in [3.8, 4) is 0 Å². The second-order valence-corrected chi connectivity index (χ2v) is 5.87. The van der Waals surface area contributed by atoms with Crippen LogP contribution in [0.2, 0.25) is 0 Å². The van der Waals surface area contributed by atoms with E-state index in [-0.39, 0.29) is 0 Å². The summed E-state index contributed by atoms with van der Waals surface area (Å²) < 4.78 is 1.20. The predicted molar refractivity (Wildman–Crippen MR) is 76.0 cm³/mol. The molecule has 4 heteroatoms. The number of fused-ring (bicyclic) bond motifs is 2. The van der Waals surface area contributed by atoms with Gasteiger partial charge < -0.3 is 0 Å². The fourth-order valence-corrected chi connectivity index (χ4v) is 3.51. The Hall–Kier alpha value is -1.68. The van der Waals surface area contributed by atoms with E-state index in [1.807, 2.05) is 18.2 Å². The van der Waals surface area contributed by atoms with Crippen LogP contribution in [0.3, 0.4) is 0 Å². The van der Waals surface area contributed by atoms with E-state index in [2.05, 4.69) is 33.7 Å². The molecule has 2 aliphatic rings. The van der Waals surface area contributed by atoms with Crippen LogP contribution in [-0.2, 0) is 0 Å². The van der Waals surface area contributed by atoms with Crippen LogP contribution in [0.1, 0.15) is 12.8 Å². The fourth-order valence-electron chi connectivity index (χ4n) is 2.70. The van der Waals surface area contributed by atoms with Crippen molar-refractivity contribution in [2.24, 2.45) is 16.9 Å². The molecule has 0 unspecified atom stereocenters. The number of nitrogens with one attached hydrogen (secondary N) is 1. The first kappa shape index (κ1) is 10.3. The van der Waals surface area contributed by atoms with Crippen LogP contribution in [0.15, 0.2) is 41.5 Å². The molecule has 0 radical (unpaired) electrons. The van der Waals surface area contributed by atoms with Crippen molar-refractivity contribution >= 4 is 32.4 Å². The number of allylic oxidation sites excluding steroid dienone is 2. The van der Waals surface area contributed by atoms with Crippen LogP contribution >= 0.6 is 11.3 Å². The Morgan fingerprint density at radius 2 is 2.28 bits per heavy atom. The van der Waals surface area contributed by atoms with Gasteiger partial charge in [0, 0.05) is 11.6 Å². The van der Waals surface area contributed by atoms with Gasteiger partial charge in [-0.1, -0.05) is 35.6 Å². The molecule has 1 aromatic carbocycles. The first-order valence-corrected chi connectivity index (χ1v) is 7.06. The summed E-state index contributed by atoms with van der Waals surface area (Å²) in [5.74, 6) is 1.41. The molecule has 1 saturated carbocycles. The zero-order chi connectivity index (χ0) is 11.9. The molecule has 1 heterocycles.